The zero-order valence-corrected chi connectivity index (χ0v) is 12.5. The predicted molar refractivity (Wildman–Crippen MR) is 76.0 cm³/mol. The SMILES string of the molecule is CCCCc1nn(CC(C)C)c(C(C)CC)c1O. The van der Waals surface area contributed by atoms with Gasteiger partial charge in [0.05, 0.1) is 5.69 Å². The molecule has 1 aromatic heterocycles. The zero-order valence-electron chi connectivity index (χ0n) is 12.5. The van der Waals surface area contributed by atoms with E-state index in [0.717, 1.165) is 43.6 Å². The molecule has 0 fully saturated rings. The van der Waals surface area contributed by atoms with Gasteiger partial charge in [-0.05, 0) is 25.2 Å². The second-order valence-corrected chi connectivity index (χ2v) is 5.67. The Morgan fingerprint density at radius 1 is 1.22 bits per heavy atom. The summed E-state index contributed by atoms with van der Waals surface area (Å²) in [5.41, 5.74) is 1.91. The van der Waals surface area contributed by atoms with Crippen LogP contribution >= 0.6 is 0 Å². The summed E-state index contributed by atoms with van der Waals surface area (Å²) in [7, 11) is 0. The van der Waals surface area contributed by atoms with Crippen molar-refractivity contribution in [2.75, 3.05) is 0 Å². The van der Waals surface area contributed by atoms with Crippen LogP contribution in [0.1, 0.15) is 71.2 Å². The fraction of sp³-hybridized carbons (Fsp3) is 0.800. The molecule has 1 unspecified atom stereocenters. The molecule has 0 spiro atoms. The molecule has 0 amide bonds. The van der Waals surface area contributed by atoms with Crippen molar-refractivity contribution in [1.82, 2.24) is 9.78 Å². The van der Waals surface area contributed by atoms with E-state index in [2.05, 4.69) is 39.7 Å². The minimum absolute atomic E-state index is 0.367. The molecular weight excluding hydrogens is 224 g/mol. The lowest BCUT2D eigenvalue weighted by atomic mass is 10.0. The molecule has 0 aromatic carbocycles. The van der Waals surface area contributed by atoms with Gasteiger partial charge in [-0.2, -0.15) is 5.10 Å². The standard InChI is InChI=1S/C15H28N2O/c1-6-8-9-13-15(18)14(12(5)7-2)17(16-13)10-11(3)4/h11-12,18H,6-10H2,1-5H3. The molecule has 0 aliphatic carbocycles. The van der Waals surface area contributed by atoms with Crippen molar-refractivity contribution < 1.29 is 5.11 Å². The lowest BCUT2D eigenvalue weighted by molar-refractivity contribution is 0.429. The van der Waals surface area contributed by atoms with Gasteiger partial charge in [0.25, 0.3) is 0 Å². The summed E-state index contributed by atoms with van der Waals surface area (Å²) in [6, 6.07) is 0. The molecule has 1 heterocycles. The highest BCUT2D eigenvalue weighted by atomic mass is 16.3. The van der Waals surface area contributed by atoms with E-state index in [1.54, 1.807) is 0 Å². The largest absolute Gasteiger partial charge is 0.504 e. The minimum atomic E-state index is 0.367. The average molecular weight is 252 g/mol. The normalized spacial score (nSPS) is 13.2. The van der Waals surface area contributed by atoms with Gasteiger partial charge >= 0.3 is 0 Å². The zero-order chi connectivity index (χ0) is 13.7. The molecule has 104 valence electrons. The van der Waals surface area contributed by atoms with Crippen molar-refractivity contribution in [3.8, 4) is 5.75 Å². The Balaban J connectivity index is 3.05. The minimum Gasteiger partial charge on any atom is -0.504 e. The first-order valence-corrected chi connectivity index (χ1v) is 7.29. The maximum atomic E-state index is 10.4. The van der Waals surface area contributed by atoms with Crippen LogP contribution < -0.4 is 0 Å². The first-order valence-electron chi connectivity index (χ1n) is 7.29. The molecule has 1 atom stereocenters. The van der Waals surface area contributed by atoms with E-state index >= 15 is 0 Å². The Morgan fingerprint density at radius 3 is 2.39 bits per heavy atom. The highest BCUT2D eigenvalue weighted by Gasteiger charge is 2.21. The van der Waals surface area contributed by atoms with Crippen LogP contribution in [0.25, 0.3) is 0 Å². The third-order valence-electron chi connectivity index (χ3n) is 3.42. The second-order valence-electron chi connectivity index (χ2n) is 5.67. The van der Waals surface area contributed by atoms with Gasteiger partial charge < -0.3 is 5.11 Å². The molecule has 3 nitrogen and oxygen atoms in total. The summed E-state index contributed by atoms with van der Waals surface area (Å²) in [6.45, 7) is 11.7. The Bertz CT molecular complexity index is 369. The van der Waals surface area contributed by atoms with Crippen molar-refractivity contribution in [2.24, 2.45) is 5.92 Å². The molecule has 18 heavy (non-hydrogen) atoms. The van der Waals surface area contributed by atoms with Gasteiger partial charge in [0.2, 0.25) is 0 Å². The van der Waals surface area contributed by atoms with Gasteiger partial charge in [0.15, 0.2) is 5.75 Å². The molecule has 0 aliphatic rings. The van der Waals surface area contributed by atoms with E-state index in [1.807, 2.05) is 4.68 Å². The van der Waals surface area contributed by atoms with Crippen molar-refractivity contribution in [1.29, 1.82) is 0 Å². The summed E-state index contributed by atoms with van der Waals surface area (Å²) < 4.78 is 2.03. The number of aromatic nitrogens is 2. The van der Waals surface area contributed by atoms with Gasteiger partial charge in [-0.3, -0.25) is 4.68 Å². The predicted octanol–water partition coefficient (Wildman–Crippen LogP) is 4.10. The van der Waals surface area contributed by atoms with E-state index in [4.69, 9.17) is 0 Å². The second kappa shape index (κ2) is 6.81. The first kappa shape index (κ1) is 15.1. The number of aromatic hydroxyl groups is 1. The third-order valence-corrected chi connectivity index (χ3v) is 3.42. The average Bonchev–Trinajstić information content (AvgIpc) is 2.61. The van der Waals surface area contributed by atoms with Gasteiger partial charge in [-0.25, -0.2) is 0 Å². The summed E-state index contributed by atoms with van der Waals surface area (Å²) in [6.07, 6.45) is 4.14. The lowest BCUT2D eigenvalue weighted by Crippen LogP contribution is -2.11. The molecular formula is C15H28N2O. The summed E-state index contributed by atoms with van der Waals surface area (Å²) >= 11 is 0. The molecule has 0 bridgehead atoms. The molecule has 1 rings (SSSR count). The molecule has 0 saturated heterocycles. The maximum Gasteiger partial charge on any atom is 0.160 e. The maximum absolute atomic E-state index is 10.4. The quantitative estimate of drug-likeness (QED) is 0.793. The van der Waals surface area contributed by atoms with Gasteiger partial charge in [0, 0.05) is 12.5 Å². The van der Waals surface area contributed by atoms with Gasteiger partial charge in [0.1, 0.15) is 5.69 Å². The van der Waals surface area contributed by atoms with Crippen LogP contribution in [0.4, 0.5) is 0 Å². The first-order chi connectivity index (χ1) is 8.51. The van der Waals surface area contributed by atoms with Crippen LogP contribution in [0.5, 0.6) is 5.75 Å². The number of nitrogens with zero attached hydrogens (tertiary/aromatic N) is 2. The topological polar surface area (TPSA) is 38.0 Å². The molecule has 1 N–H and O–H groups in total. The Morgan fingerprint density at radius 2 is 1.89 bits per heavy atom. The fourth-order valence-electron chi connectivity index (χ4n) is 2.20. The summed E-state index contributed by atoms with van der Waals surface area (Å²) in [5.74, 6) is 1.36. The number of aryl methyl sites for hydroxylation is 1. The van der Waals surface area contributed by atoms with Crippen LogP contribution in [-0.4, -0.2) is 14.9 Å². The smallest absolute Gasteiger partial charge is 0.160 e. The van der Waals surface area contributed by atoms with E-state index in [9.17, 15) is 5.11 Å². The third kappa shape index (κ3) is 3.50. The lowest BCUT2D eigenvalue weighted by Gasteiger charge is -2.14. The summed E-state index contributed by atoms with van der Waals surface area (Å²) in [5, 5.41) is 15.0. The van der Waals surface area contributed by atoms with Crippen molar-refractivity contribution in [3.63, 3.8) is 0 Å². The molecule has 1 aromatic rings. The molecule has 0 radical (unpaired) electrons. The number of rotatable bonds is 7. The van der Waals surface area contributed by atoms with Crippen molar-refractivity contribution >= 4 is 0 Å². The number of hydrogen-bond acceptors (Lipinski definition) is 2. The Labute approximate surface area is 111 Å². The van der Waals surface area contributed by atoms with E-state index in [-0.39, 0.29) is 0 Å². The number of unbranched alkanes of at least 4 members (excludes halogenated alkanes) is 1. The van der Waals surface area contributed by atoms with Crippen LogP contribution in [0, 0.1) is 5.92 Å². The van der Waals surface area contributed by atoms with Crippen LogP contribution in [0.3, 0.4) is 0 Å². The van der Waals surface area contributed by atoms with E-state index in [0.29, 0.717) is 17.6 Å². The molecule has 3 heteroatoms. The van der Waals surface area contributed by atoms with Crippen LogP contribution in [0.15, 0.2) is 0 Å². The van der Waals surface area contributed by atoms with Crippen LogP contribution in [-0.2, 0) is 13.0 Å². The van der Waals surface area contributed by atoms with Crippen molar-refractivity contribution in [3.05, 3.63) is 11.4 Å². The monoisotopic (exact) mass is 252 g/mol. The molecule has 0 aliphatic heterocycles. The number of hydrogen-bond donors (Lipinski definition) is 1. The Hall–Kier alpha value is -0.990. The van der Waals surface area contributed by atoms with E-state index < -0.39 is 0 Å². The van der Waals surface area contributed by atoms with Crippen LogP contribution in [0.2, 0.25) is 0 Å². The van der Waals surface area contributed by atoms with Crippen molar-refractivity contribution in [2.45, 2.75) is 72.8 Å². The summed E-state index contributed by atoms with van der Waals surface area (Å²) in [4.78, 5) is 0. The van der Waals surface area contributed by atoms with E-state index in [1.165, 1.54) is 0 Å². The molecule has 0 saturated carbocycles. The Kier molecular flexibility index (Phi) is 5.70. The highest BCUT2D eigenvalue weighted by molar-refractivity contribution is 5.34. The highest BCUT2D eigenvalue weighted by Crippen LogP contribution is 2.32. The van der Waals surface area contributed by atoms with Gasteiger partial charge in [-0.1, -0.05) is 41.0 Å². The fourth-order valence-corrected chi connectivity index (χ4v) is 2.20. The van der Waals surface area contributed by atoms with Gasteiger partial charge in [-0.15, -0.1) is 0 Å².